The molecule has 0 heterocycles. The highest BCUT2D eigenvalue weighted by molar-refractivity contribution is 7.78. The third kappa shape index (κ3) is 6.50. The minimum atomic E-state index is 0.164. The third-order valence-corrected chi connectivity index (χ3v) is 8.40. The molecule has 31 heavy (non-hydrogen) atoms. The van der Waals surface area contributed by atoms with Crippen molar-refractivity contribution in [3.63, 3.8) is 0 Å². The summed E-state index contributed by atoms with van der Waals surface area (Å²) in [6, 6.07) is 16.9. The number of aliphatic imine (C=N–C) groups is 1. The first-order valence-corrected chi connectivity index (χ1v) is 12.8. The molecular weight excluding hydrogens is 394 g/mol. The number of hydrogen-bond donors (Lipinski definition) is 0. The van der Waals surface area contributed by atoms with E-state index >= 15 is 0 Å². The molecule has 2 aliphatic carbocycles. The molecule has 2 fully saturated rings. The van der Waals surface area contributed by atoms with E-state index in [1.165, 1.54) is 63.4 Å². The van der Waals surface area contributed by atoms with E-state index in [4.69, 9.17) is 12.2 Å². The first-order chi connectivity index (χ1) is 14.8. The fourth-order valence-corrected chi connectivity index (χ4v) is 6.42. The van der Waals surface area contributed by atoms with Gasteiger partial charge in [0.25, 0.3) is 0 Å². The van der Waals surface area contributed by atoms with Gasteiger partial charge in [-0.3, -0.25) is 0 Å². The summed E-state index contributed by atoms with van der Waals surface area (Å²) in [5.74, 6) is 2.68. The maximum Gasteiger partial charge on any atom is 0.0739 e. The highest BCUT2D eigenvalue weighted by atomic mass is 32.1. The lowest BCUT2D eigenvalue weighted by Crippen LogP contribution is -2.36. The highest BCUT2D eigenvalue weighted by Gasteiger charge is 2.41. The van der Waals surface area contributed by atoms with Crippen LogP contribution in [0, 0.1) is 23.2 Å². The van der Waals surface area contributed by atoms with Gasteiger partial charge in [0.2, 0.25) is 0 Å². The fraction of sp³-hybridized carbons (Fsp3) is 0.621. The zero-order valence-corrected chi connectivity index (χ0v) is 20.9. The van der Waals surface area contributed by atoms with E-state index in [1.807, 2.05) is 24.3 Å². The molecule has 1 aromatic rings. The summed E-state index contributed by atoms with van der Waals surface area (Å²) in [6.45, 7) is 10.0. The molecule has 1 aromatic carbocycles. The maximum absolute atomic E-state index is 4.73. The second-order valence-corrected chi connectivity index (χ2v) is 11.3. The summed E-state index contributed by atoms with van der Waals surface area (Å²) in [5, 5.41) is 2.45. The molecule has 2 aliphatic rings. The van der Waals surface area contributed by atoms with Crippen LogP contribution in [0.5, 0.6) is 0 Å². The first kappa shape index (κ1) is 24.1. The van der Waals surface area contributed by atoms with Crippen LogP contribution in [0.1, 0.15) is 91.0 Å². The second-order valence-electron chi connectivity index (χ2n) is 11.1. The quantitative estimate of drug-likeness (QED) is 0.320. The molecule has 1 nitrogen and oxygen atoms in total. The zero-order chi connectivity index (χ0) is 22.3. The summed E-state index contributed by atoms with van der Waals surface area (Å²) >= 11 is 4.73. The van der Waals surface area contributed by atoms with Crippen LogP contribution >= 0.6 is 12.2 Å². The van der Waals surface area contributed by atoms with E-state index in [0.717, 1.165) is 23.4 Å². The van der Waals surface area contributed by atoms with Gasteiger partial charge in [-0.2, -0.15) is 4.99 Å². The molecule has 0 aliphatic heterocycles. The molecule has 2 saturated carbocycles. The van der Waals surface area contributed by atoms with Gasteiger partial charge < -0.3 is 0 Å². The van der Waals surface area contributed by atoms with Gasteiger partial charge in [0, 0.05) is 0 Å². The monoisotopic (exact) mass is 435 g/mol. The van der Waals surface area contributed by atoms with Gasteiger partial charge >= 0.3 is 0 Å². The van der Waals surface area contributed by atoms with Crippen LogP contribution in [-0.2, 0) is 5.41 Å². The number of isothiocyanates is 1. The fourth-order valence-electron chi connectivity index (χ4n) is 6.31. The van der Waals surface area contributed by atoms with Gasteiger partial charge in [-0.25, -0.2) is 0 Å². The third-order valence-electron chi connectivity index (χ3n) is 8.31. The average molecular weight is 436 g/mol. The molecule has 3 rings (SSSR count). The number of thiocarbonyl (C=S) groups is 1. The Morgan fingerprint density at radius 2 is 1.42 bits per heavy atom. The highest BCUT2D eigenvalue weighted by Crippen LogP contribution is 2.51. The molecule has 0 N–H and O–H groups in total. The van der Waals surface area contributed by atoms with Crippen LogP contribution in [0.2, 0.25) is 0 Å². The number of nitrogens with zero attached hydrogens (tertiary/aromatic N) is 1. The smallest absolute Gasteiger partial charge is 0.0739 e. The Morgan fingerprint density at radius 3 is 2.03 bits per heavy atom. The Balaban J connectivity index is 1.73. The molecular formula is C29H41NS. The van der Waals surface area contributed by atoms with Crippen molar-refractivity contribution in [1.82, 2.24) is 0 Å². The Morgan fingerprint density at radius 1 is 0.839 bits per heavy atom. The lowest BCUT2D eigenvalue weighted by molar-refractivity contribution is 0.0591. The van der Waals surface area contributed by atoms with Crippen LogP contribution in [0.3, 0.4) is 0 Å². The van der Waals surface area contributed by atoms with Gasteiger partial charge in [0.1, 0.15) is 0 Å². The lowest BCUT2D eigenvalue weighted by atomic mass is 9.60. The van der Waals surface area contributed by atoms with Crippen molar-refractivity contribution in [1.29, 1.82) is 0 Å². The minimum Gasteiger partial charge on any atom is -0.195 e. The van der Waals surface area contributed by atoms with Gasteiger partial charge in [-0.15, -0.1) is 0 Å². The zero-order valence-electron chi connectivity index (χ0n) is 20.1. The predicted octanol–water partition coefficient (Wildman–Crippen LogP) is 9.24. The van der Waals surface area contributed by atoms with Gasteiger partial charge in [-0.05, 0) is 90.6 Å². The Kier molecular flexibility index (Phi) is 8.48. The van der Waals surface area contributed by atoms with Crippen LogP contribution < -0.4 is 0 Å². The molecule has 0 aromatic heterocycles. The van der Waals surface area contributed by atoms with E-state index in [2.05, 4.69) is 62.1 Å². The molecule has 0 radical (unpaired) electrons. The van der Waals surface area contributed by atoms with Crippen molar-refractivity contribution < 1.29 is 0 Å². The molecule has 168 valence electrons. The lowest BCUT2D eigenvalue weighted by Gasteiger charge is -2.45. The maximum atomic E-state index is 4.73. The van der Waals surface area contributed by atoms with E-state index in [-0.39, 0.29) is 5.41 Å². The predicted molar refractivity (Wildman–Crippen MR) is 138 cm³/mol. The Bertz CT molecular complexity index is 798. The number of hydrogen-bond acceptors (Lipinski definition) is 2. The standard InChI is InChI=1S/C29H41NS/c1-28(2,24-13-7-9-18-27(30-22-31)19-10-8-14-24)21-23-12-11-17-26(20-23)29(3,4)25-15-5-6-16-25/h7-10,13-14,18-19,23,25-26H,5-6,11-12,15-17,20-21H2,1-4H3. The Labute approximate surface area is 196 Å². The van der Waals surface area contributed by atoms with Gasteiger partial charge in [0.05, 0.1) is 10.8 Å². The van der Waals surface area contributed by atoms with E-state index < -0.39 is 0 Å². The molecule has 0 bridgehead atoms. The molecule has 0 amide bonds. The normalized spacial score (nSPS) is 22.5. The molecule has 2 heteroatoms. The summed E-state index contributed by atoms with van der Waals surface area (Å²) in [7, 11) is 0. The summed E-state index contributed by atoms with van der Waals surface area (Å²) in [6.07, 6.45) is 12.8. The molecule has 0 saturated heterocycles. The molecule has 2 atom stereocenters. The summed E-state index contributed by atoms with van der Waals surface area (Å²) in [4.78, 5) is 4.09. The topological polar surface area (TPSA) is 12.4 Å². The van der Waals surface area contributed by atoms with E-state index in [0.29, 0.717) is 5.41 Å². The summed E-state index contributed by atoms with van der Waals surface area (Å²) in [5.41, 5.74) is 2.90. The minimum absolute atomic E-state index is 0.164. The van der Waals surface area contributed by atoms with Crippen molar-refractivity contribution in [3.8, 4) is 0 Å². The van der Waals surface area contributed by atoms with Crippen molar-refractivity contribution in [2.45, 2.75) is 90.9 Å². The van der Waals surface area contributed by atoms with E-state index in [1.54, 1.807) is 0 Å². The first-order valence-electron chi connectivity index (χ1n) is 12.3. The van der Waals surface area contributed by atoms with Crippen molar-refractivity contribution >= 4 is 23.1 Å². The van der Waals surface area contributed by atoms with Crippen molar-refractivity contribution in [3.05, 3.63) is 54.1 Å². The summed E-state index contributed by atoms with van der Waals surface area (Å²) < 4.78 is 0. The second kappa shape index (κ2) is 10.9. The largest absolute Gasteiger partial charge is 0.195 e. The van der Waals surface area contributed by atoms with Crippen LogP contribution in [-0.4, -0.2) is 5.16 Å². The van der Waals surface area contributed by atoms with Crippen molar-refractivity contribution in [2.24, 2.45) is 28.2 Å². The molecule has 0 spiro atoms. The van der Waals surface area contributed by atoms with Crippen LogP contribution in [0.25, 0.3) is 0 Å². The van der Waals surface area contributed by atoms with Crippen LogP contribution in [0.4, 0.5) is 5.69 Å². The van der Waals surface area contributed by atoms with Crippen LogP contribution in [0.15, 0.2) is 53.5 Å². The average Bonchev–Trinajstić information content (AvgIpc) is 3.28. The van der Waals surface area contributed by atoms with E-state index in [9.17, 15) is 0 Å². The van der Waals surface area contributed by atoms with Gasteiger partial charge in [-0.1, -0.05) is 89.8 Å². The molecule has 2 unspecified atom stereocenters. The van der Waals surface area contributed by atoms with Crippen molar-refractivity contribution in [2.75, 3.05) is 0 Å². The number of rotatable bonds is 6. The Hall–Kier alpha value is -1.50. The SMILES string of the molecule is CC(C)(CC1CCCC(C(C)(C)C2CCCC2)C1)c1ccccc(N=C=S)cccc1. The van der Waals surface area contributed by atoms with Gasteiger partial charge in [0.15, 0.2) is 0 Å².